The van der Waals surface area contributed by atoms with Gasteiger partial charge in [-0.2, -0.15) is 0 Å². The van der Waals surface area contributed by atoms with Crippen molar-refractivity contribution in [1.29, 1.82) is 0 Å². The van der Waals surface area contributed by atoms with Crippen molar-refractivity contribution in [3.8, 4) is 0 Å². The number of Topliss-reactive ketones (excluding diaryl/α,β-unsaturated/α-hetero) is 1. The molecule has 5 heteroatoms. The highest BCUT2D eigenvalue weighted by Crippen LogP contribution is 2.19. The largest absolute Gasteiger partial charge is 0.325 e. The summed E-state index contributed by atoms with van der Waals surface area (Å²) in [5.74, 6) is -0.168. The van der Waals surface area contributed by atoms with Gasteiger partial charge >= 0.3 is 0 Å². The number of para-hydroxylation sites is 1. The molecule has 0 atom stereocenters. The van der Waals surface area contributed by atoms with E-state index in [0.29, 0.717) is 10.6 Å². The van der Waals surface area contributed by atoms with E-state index >= 15 is 0 Å². The molecule has 116 valence electrons. The lowest BCUT2D eigenvalue weighted by Gasteiger charge is -2.05. The van der Waals surface area contributed by atoms with Crippen molar-refractivity contribution in [2.45, 2.75) is 19.8 Å². The molecule has 0 aliphatic rings. The number of thiophene rings is 1. The van der Waals surface area contributed by atoms with Crippen LogP contribution in [0, 0.1) is 6.92 Å². The standard InChI is InChI=1S/C18H16N2O2S/c1-12-6-8-17(23-12)16(21)7-9-18(22)20-14-10-13-4-2-3-5-15(13)19-11-14/h2-6,8,10-11H,7,9H2,1H3,(H,20,22). The van der Waals surface area contributed by atoms with Crippen molar-refractivity contribution >= 4 is 39.6 Å². The van der Waals surface area contributed by atoms with E-state index < -0.39 is 0 Å². The Bertz CT molecular complexity index is 870. The van der Waals surface area contributed by atoms with Gasteiger partial charge in [0.15, 0.2) is 5.78 Å². The average molecular weight is 324 g/mol. The third kappa shape index (κ3) is 3.81. The number of nitrogens with zero attached hydrogens (tertiary/aromatic N) is 1. The van der Waals surface area contributed by atoms with Crippen LogP contribution in [-0.2, 0) is 4.79 Å². The molecule has 1 amide bonds. The van der Waals surface area contributed by atoms with Crippen molar-refractivity contribution in [3.63, 3.8) is 0 Å². The average Bonchev–Trinajstić information content (AvgIpc) is 2.99. The maximum absolute atomic E-state index is 12.0. The minimum atomic E-state index is -0.177. The highest BCUT2D eigenvalue weighted by atomic mass is 32.1. The highest BCUT2D eigenvalue weighted by Gasteiger charge is 2.11. The zero-order valence-corrected chi connectivity index (χ0v) is 13.5. The Morgan fingerprint density at radius 1 is 1.13 bits per heavy atom. The van der Waals surface area contributed by atoms with Gasteiger partial charge in [0.05, 0.1) is 22.3 Å². The summed E-state index contributed by atoms with van der Waals surface area (Å²) in [5, 5.41) is 3.76. The minimum Gasteiger partial charge on any atom is -0.325 e. The number of ketones is 1. The van der Waals surface area contributed by atoms with Gasteiger partial charge in [-0.05, 0) is 31.2 Å². The van der Waals surface area contributed by atoms with Gasteiger partial charge in [-0.25, -0.2) is 0 Å². The van der Waals surface area contributed by atoms with Gasteiger partial charge in [0.2, 0.25) is 5.91 Å². The monoisotopic (exact) mass is 324 g/mol. The van der Waals surface area contributed by atoms with Crippen LogP contribution in [0.3, 0.4) is 0 Å². The van der Waals surface area contributed by atoms with E-state index in [9.17, 15) is 9.59 Å². The van der Waals surface area contributed by atoms with Crippen LogP contribution in [0.2, 0.25) is 0 Å². The van der Waals surface area contributed by atoms with Crippen LogP contribution in [-0.4, -0.2) is 16.7 Å². The third-order valence-electron chi connectivity index (χ3n) is 3.47. The Labute approximate surface area is 138 Å². The summed E-state index contributed by atoms with van der Waals surface area (Å²) in [6.07, 6.45) is 2.01. The molecule has 0 unspecified atom stereocenters. The van der Waals surface area contributed by atoms with Gasteiger partial charge in [0, 0.05) is 23.1 Å². The molecule has 2 heterocycles. The number of pyridine rings is 1. The van der Waals surface area contributed by atoms with Gasteiger partial charge < -0.3 is 5.32 Å². The van der Waals surface area contributed by atoms with Gasteiger partial charge in [-0.15, -0.1) is 11.3 Å². The molecule has 1 aromatic carbocycles. The number of rotatable bonds is 5. The summed E-state index contributed by atoms with van der Waals surface area (Å²) in [4.78, 5) is 30.1. The summed E-state index contributed by atoms with van der Waals surface area (Å²) >= 11 is 1.46. The number of aryl methyl sites for hydroxylation is 1. The van der Waals surface area contributed by atoms with Gasteiger partial charge in [0.1, 0.15) is 0 Å². The number of nitrogens with one attached hydrogen (secondary N) is 1. The molecule has 0 radical (unpaired) electrons. The molecule has 0 spiro atoms. The fourth-order valence-electron chi connectivity index (χ4n) is 2.30. The van der Waals surface area contributed by atoms with E-state index in [2.05, 4.69) is 10.3 Å². The summed E-state index contributed by atoms with van der Waals surface area (Å²) < 4.78 is 0. The lowest BCUT2D eigenvalue weighted by atomic mass is 10.2. The van der Waals surface area contributed by atoms with Crippen molar-refractivity contribution in [2.24, 2.45) is 0 Å². The van der Waals surface area contributed by atoms with Gasteiger partial charge in [-0.3, -0.25) is 14.6 Å². The topological polar surface area (TPSA) is 59.1 Å². The molecule has 3 rings (SSSR count). The fraction of sp³-hybridized carbons (Fsp3) is 0.167. The summed E-state index contributed by atoms with van der Waals surface area (Å²) in [6.45, 7) is 1.96. The van der Waals surface area contributed by atoms with E-state index in [1.165, 1.54) is 11.3 Å². The second-order valence-electron chi connectivity index (χ2n) is 5.30. The first kappa shape index (κ1) is 15.4. The number of carbonyl (C=O) groups excluding carboxylic acids is 2. The number of anilines is 1. The minimum absolute atomic E-state index is 0.00915. The van der Waals surface area contributed by atoms with E-state index in [1.54, 1.807) is 6.20 Å². The quantitative estimate of drug-likeness (QED) is 0.715. The van der Waals surface area contributed by atoms with E-state index in [4.69, 9.17) is 0 Å². The predicted octanol–water partition coefficient (Wildman–Crippen LogP) is 4.21. The van der Waals surface area contributed by atoms with Crippen molar-refractivity contribution in [1.82, 2.24) is 4.98 Å². The van der Waals surface area contributed by atoms with Crippen LogP contribution in [0.4, 0.5) is 5.69 Å². The Hall–Kier alpha value is -2.53. The summed E-state index contributed by atoms with van der Waals surface area (Å²) in [6, 6.07) is 13.3. The zero-order chi connectivity index (χ0) is 16.2. The maximum Gasteiger partial charge on any atom is 0.224 e. The third-order valence-corrected chi connectivity index (χ3v) is 4.51. The molecule has 0 aliphatic heterocycles. The molecular weight excluding hydrogens is 308 g/mol. The number of amides is 1. The van der Waals surface area contributed by atoms with Crippen molar-refractivity contribution < 1.29 is 9.59 Å². The maximum atomic E-state index is 12.0. The molecule has 4 nitrogen and oxygen atoms in total. The Morgan fingerprint density at radius 2 is 1.96 bits per heavy atom. The first-order chi connectivity index (χ1) is 11.1. The Morgan fingerprint density at radius 3 is 2.74 bits per heavy atom. The molecule has 0 bridgehead atoms. The molecule has 2 aromatic heterocycles. The second kappa shape index (κ2) is 6.71. The van der Waals surface area contributed by atoms with Crippen molar-refractivity contribution in [3.05, 3.63) is 58.4 Å². The van der Waals surface area contributed by atoms with Crippen LogP contribution in [0.5, 0.6) is 0 Å². The first-order valence-corrected chi connectivity index (χ1v) is 8.18. The number of fused-ring (bicyclic) bond motifs is 1. The first-order valence-electron chi connectivity index (χ1n) is 7.36. The molecule has 0 aliphatic carbocycles. The van der Waals surface area contributed by atoms with Crippen LogP contribution in [0.15, 0.2) is 48.7 Å². The predicted molar refractivity (Wildman–Crippen MR) is 93.0 cm³/mol. The molecule has 23 heavy (non-hydrogen) atoms. The number of hydrogen-bond donors (Lipinski definition) is 1. The molecule has 0 saturated heterocycles. The van der Waals surface area contributed by atoms with Gasteiger partial charge in [-0.1, -0.05) is 18.2 Å². The van der Waals surface area contributed by atoms with Gasteiger partial charge in [0.25, 0.3) is 0 Å². The van der Waals surface area contributed by atoms with E-state index in [0.717, 1.165) is 15.8 Å². The number of benzene rings is 1. The zero-order valence-electron chi connectivity index (χ0n) is 12.7. The fourth-order valence-corrected chi connectivity index (χ4v) is 3.13. The van der Waals surface area contributed by atoms with E-state index in [-0.39, 0.29) is 24.5 Å². The molecule has 3 aromatic rings. The van der Waals surface area contributed by atoms with Crippen LogP contribution in [0.1, 0.15) is 27.4 Å². The normalized spacial score (nSPS) is 10.7. The highest BCUT2D eigenvalue weighted by molar-refractivity contribution is 7.14. The lowest BCUT2D eigenvalue weighted by Crippen LogP contribution is -2.13. The Balaban J connectivity index is 1.59. The molecule has 0 saturated carbocycles. The SMILES string of the molecule is Cc1ccc(C(=O)CCC(=O)Nc2cnc3ccccc3c2)s1. The molecule has 0 fully saturated rings. The lowest BCUT2D eigenvalue weighted by molar-refractivity contribution is -0.116. The summed E-state index contributed by atoms with van der Waals surface area (Å²) in [7, 11) is 0. The second-order valence-corrected chi connectivity index (χ2v) is 6.59. The van der Waals surface area contributed by atoms with Crippen molar-refractivity contribution in [2.75, 3.05) is 5.32 Å². The van der Waals surface area contributed by atoms with Crippen LogP contribution in [0.25, 0.3) is 10.9 Å². The van der Waals surface area contributed by atoms with Crippen LogP contribution < -0.4 is 5.32 Å². The van der Waals surface area contributed by atoms with E-state index in [1.807, 2.05) is 49.4 Å². The number of carbonyl (C=O) groups is 2. The van der Waals surface area contributed by atoms with Crippen LogP contribution >= 0.6 is 11.3 Å². The number of hydrogen-bond acceptors (Lipinski definition) is 4. The molecule has 1 N–H and O–H groups in total. The molecular formula is C18H16N2O2S. The number of aromatic nitrogens is 1. The smallest absolute Gasteiger partial charge is 0.224 e. The summed E-state index contributed by atoms with van der Waals surface area (Å²) in [5.41, 5.74) is 1.53. The Kier molecular flexibility index (Phi) is 4.48.